The van der Waals surface area contributed by atoms with E-state index in [0.717, 1.165) is 25.7 Å². The fraction of sp³-hybridized carbons (Fsp3) is 0.812. The van der Waals surface area contributed by atoms with Gasteiger partial charge in [-0.1, -0.05) is 12.8 Å². The zero-order valence-corrected chi connectivity index (χ0v) is 13.1. The molecule has 0 aromatic rings. The molecule has 2 saturated carbocycles. The van der Waals surface area contributed by atoms with Crippen molar-refractivity contribution in [2.45, 2.75) is 70.4 Å². The van der Waals surface area contributed by atoms with Crippen molar-refractivity contribution in [3.05, 3.63) is 0 Å². The molecule has 124 valence electrons. The fourth-order valence-electron chi connectivity index (χ4n) is 3.40. The van der Waals surface area contributed by atoms with E-state index in [4.69, 9.17) is 5.11 Å². The lowest BCUT2D eigenvalue weighted by molar-refractivity contribution is -0.143. The molecule has 2 aliphatic carbocycles. The van der Waals surface area contributed by atoms with Gasteiger partial charge in [-0.3, -0.25) is 14.4 Å². The maximum atomic E-state index is 12.1. The van der Waals surface area contributed by atoms with Gasteiger partial charge in [-0.15, -0.1) is 0 Å². The third-order valence-corrected chi connectivity index (χ3v) is 4.90. The monoisotopic (exact) mass is 310 g/mol. The molecule has 1 atom stereocenters. The molecule has 0 aromatic heterocycles. The van der Waals surface area contributed by atoms with E-state index in [0.29, 0.717) is 25.7 Å². The van der Waals surface area contributed by atoms with Crippen molar-refractivity contribution < 1.29 is 19.5 Å². The number of carboxylic acids is 1. The van der Waals surface area contributed by atoms with Gasteiger partial charge < -0.3 is 15.7 Å². The SMILES string of the molecule is CC(NC(=O)C1CCCC1)C(=O)NC1CCC(C(=O)O)CC1. The number of carboxylic acid groups (broad SMARTS) is 1. The molecule has 6 nitrogen and oxygen atoms in total. The number of amides is 2. The van der Waals surface area contributed by atoms with Crippen molar-refractivity contribution in [1.82, 2.24) is 10.6 Å². The predicted octanol–water partition coefficient (Wildman–Crippen LogP) is 1.44. The first-order chi connectivity index (χ1) is 10.5. The van der Waals surface area contributed by atoms with Crippen LogP contribution in [0.25, 0.3) is 0 Å². The van der Waals surface area contributed by atoms with Crippen LogP contribution in [0.3, 0.4) is 0 Å². The molecule has 0 heterocycles. The van der Waals surface area contributed by atoms with Crippen molar-refractivity contribution in [2.24, 2.45) is 11.8 Å². The number of carbonyl (C=O) groups is 3. The highest BCUT2D eigenvalue weighted by molar-refractivity contribution is 5.88. The minimum Gasteiger partial charge on any atom is -0.481 e. The van der Waals surface area contributed by atoms with Crippen LogP contribution in [0.1, 0.15) is 58.3 Å². The van der Waals surface area contributed by atoms with Crippen LogP contribution in [-0.4, -0.2) is 35.0 Å². The Morgan fingerprint density at radius 2 is 1.55 bits per heavy atom. The maximum Gasteiger partial charge on any atom is 0.306 e. The van der Waals surface area contributed by atoms with E-state index in [9.17, 15) is 14.4 Å². The van der Waals surface area contributed by atoms with Crippen LogP contribution in [-0.2, 0) is 14.4 Å². The zero-order chi connectivity index (χ0) is 16.1. The van der Waals surface area contributed by atoms with Gasteiger partial charge in [0, 0.05) is 12.0 Å². The second kappa shape index (κ2) is 7.61. The largest absolute Gasteiger partial charge is 0.481 e. The summed E-state index contributed by atoms with van der Waals surface area (Å²) in [5.41, 5.74) is 0. The highest BCUT2D eigenvalue weighted by Crippen LogP contribution is 2.25. The molecule has 0 saturated heterocycles. The highest BCUT2D eigenvalue weighted by Gasteiger charge is 2.29. The van der Waals surface area contributed by atoms with E-state index < -0.39 is 12.0 Å². The summed E-state index contributed by atoms with van der Waals surface area (Å²) in [4.78, 5) is 35.1. The van der Waals surface area contributed by atoms with Gasteiger partial charge in [0.1, 0.15) is 6.04 Å². The van der Waals surface area contributed by atoms with Crippen molar-refractivity contribution in [3.8, 4) is 0 Å². The van der Waals surface area contributed by atoms with Crippen LogP contribution < -0.4 is 10.6 Å². The van der Waals surface area contributed by atoms with Crippen molar-refractivity contribution in [2.75, 3.05) is 0 Å². The second-order valence-electron chi connectivity index (χ2n) is 6.61. The molecular weight excluding hydrogens is 284 g/mol. The molecule has 3 N–H and O–H groups in total. The quantitative estimate of drug-likeness (QED) is 0.716. The van der Waals surface area contributed by atoms with Crippen molar-refractivity contribution >= 4 is 17.8 Å². The molecule has 2 aliphatic rings. The van der Waals surface area contributed by atoms with Gasteiger partial charge >= 0.3 is 5.97 Å². The minimum absolute atomic E-state index is 0.0188. The predicted molar refractivity (Wildman–Crippen MR) is 81.1 cm³/mol. The Labute approximate surface area is 131 Å². The first-order valence-corrected chi connectivity index (χ1v) is 8.31. The molecule has 0 aliphatic heterocycles. The topological polar surface area (TPSA) is 95.5 Å². The Bertz CT molecular complexity index is 424. The summed E-state index contributed by atoms with van der Waals surface area (Å²) in [7, 11) is 0. The summed E-state index contributed by atoms with van der Waals surface area (Å²) < 4.78 is 0. The van der Waals surface area contributed by atoms with E-state index in [1.54, 1.807) is 6.92 Å². The number of rotatable bonds is 5. The fourth-order valence-corrected chi connectivity index (χ4v) is 3.40. The average molecular weight is 310 g/mol. The third-order valence-electron chi connectivity index (χ3n) is 4.90. The number of hydrogen-bond donors (Lipinski definition) is 3. The van der Waals surface area contributed by atoms with Crippen LogP contribution >= 0.6 is 0 Å². The molecule has 2 rings (SSSR count). The van der Waals surface area contributed by atoms with E-state index in [1.165, 1.54) is 0 Å². The summed E-state index contributed by atoms with van der Waals surface area (Å²) >= 11 is 0. The lowest BCUT2D eigenvalue weighted by Gasteiger charge is -2.28. The second-order valence-corrected chi connectivity index (χ2v) is 6.61. The van der Waals surface area contributed by atoms with Gasteiger partial charge in [0.15, 0.2) is 0 Å². The van der Waals surface area contributed by atoms with Crippen LogP contribution in [0.2, 0.25) is 0 Å². The molecule has 0 spiro atoms. The molecule has 2 fully saturated rings. The van der Waals surface area contributed by atoms with Crippen LogP contribution in [0, 0.1) is 11.8 Å². The molecule has 0 radical (unpaired) electrons. The number of aliphatic carboxylic acids is 1. The summed E-state index contributed by atoms with van der Waals surface area (Å²) in [5.74, 6) is -1.17. The lowest BCUT2D eigenvalue weighted by Crippen LogP contribution is -2.50. The Hall–Kier alpha value is -1.59. The van der Waals surface area contributed by atoms with Crippen LogP contribution in [0.15, 0.2) is 0 Å². The highest BCUT2D eigenvalue weighted by atomic mass is 16.4. The van der Waals surface area contributed by atoms with E-state index >= 15 is 0 Å². The lowest BCUT2D eigenvalue weighted by atomic mass is 9.86. The van der Waals surface area contributed by atoms with E-state index in [1.807, 2.05) is 0 Å². The van der Waals surface area contributed by atoms with E-state index in [2.05, 4.69) is 10.6 Å². The van der Waals surface area contributed by atoms with Gasteiger partial charge in [0.25, 0.3) is 0 Å². The van der Waals surface area contributed by atoms with Crippen molar-refractivity contribution in [3.63, 3.8) is 0 Å². The third kappa shape index (κ3) is 4.45. The minimum atomic E-state index is -0.748. The standard InChI is InChI=1S/C16H26N2O4/c1-10(17-15(20)11-4-2-3-5-11)14(19)18-13-8-6-12(7-9-13)16(21)22/h10-13H,2-9H2,1H3,(H,17,20)(H,18,19)(H,21,22). The first-order valence-electron chi connectivity index (χ1n) is 8.31. The van der Waals surface area contributed by atoms with Crippen LogP contribution in [0.4, 0.5) is 0 Å². The molecule has 1 unspecified atom stereocenters. The van der Waals surface area contributed by atoms with Gasteiger partial charge in [0.2, 0.25) is 11.8 Å². The molecule has 0 aromatic carbocycles. The smallest absolute Gasteiger partial charge is 0.306 e. The van der Waals surface area contributed by atoms with E-state index in [-0.39, 0.29) is 29.7 Å². The molecule has 6 heteroatoms. The number of carbonyl (C=O) groups excluding carboxylic acids is 2. The Balaban J connectivity index is 1.72. The van der Waals surface area contributed by atoms with Gasteiger partial charge in [-0.2, -0.15) is 0 Å². The Kier molecular flexibility index (Phi) is 5.80. The summed E-state index contributed by atoms with van der Waals surface area (Å²) in [5, 5.41) is 14.7. The Morgan fingerprint density at radius 1 is 0.955 bits per heavy atom. The summed E-state index contributed by atoms with van der Waals surface area (Å²) in [6.45, 7) is 1.70. The van der Waals surface area contributed by atoms with Gasteiger partial charge in [-0.05, 0) is 45.4 Å². The normalized spacial score (nSPS) is 27.1. The molecular formula is C16H26N2O4. The number of hydrogen-bond acceptors (Lipinski definition) is 3. The Morgan fingerprint density at radius 3 is 2.09 bits per heavy atom. The molecule has 2 amide bonds. The number of nitrogens with one attached hydrogen (secondary N) is 2. The zero-order valence-electron chi connectivity index (χ0n) is 13.1. The summed E-state index contributed by atoms with van der Waals surface area (Å²) in [6, 6.07) is -0.515. The average Bonchev–Trinajstić information content (AvgIpc) is 3.02. The van der Waals surface area contributed by atoms with Gasteiger partial charge in [-0.25, -0.2) is 0 Å². The maximum absolute atomic E-state index is 12.1. The van der Waals surface area contributed by atoms with Crippen LogP contribution in [0.5, 0.6) is 0 Å². The van der Waals surface area contributed by atoms with Gasteiger partial charge in [0.05, 0.1) is 5.92 Å². The molecule has 22 heavy (non-hydrogen) atoms. The van der Waals surface area contributed by atoms with Crippen molar-refractivity contribution in [1.29, 1.82) is 0 Å². The summed E-state index contributed by atoms with van der Waals surface area (Å²) in [6.07, 6.45) is 6.58. The first kappa shape index (κ1) is 16.8. The molecule has 0 bridgehead atoms.